The third-order valence-corrected chi connectivity index (χ3v) is 3.09. The summed E-state index contributed by atoms with van der Waals surface area (Å²) in [4.78, 5) is 12.1. The first-order valence-electron chi connectivity index (χ1n) is 6.37. The van der Waals surface area contributed by atoms with Gasteiger partial charge < -0.3 is 15.8 Å². The second-order valence-corrected chi connectivity index (χ2v) is 4.61. The van der Waals surface area contributed by atoms with Crippen molar-refractivity contribution < 1.29 is 9.53 Å². The number of carbonyl (C=O) groups excluding carboxylic acids is 1. The molecule has 0 heterocycles. The molecular formula is C16H18N2O2. The summed E-state index contributed by atoms with van der Waals surface area (Å²) in [6.07, 6.45) is 0. The summed E-state index contributed by atoms with van der Waals surface area (Å²) in [6, 6.07) is 12.9. The second-order valence-electron chi connectivity index (χ2n) is 4.61. The van der Waals surface area contributed by atoms with Gasteiger partial charge in [-0.15, -0.1) is 0 Å². The lowest BCUT2D eigenvalue weighted by Gasteiger charge is -2.09. The molecule has 1 amide bonds. The van der Waals surface area contributed by atoms with E-state index in [0.717, 1.165) is 16.9 Å². The van der Waals surface area contributed by atoms with E-state index in [-0.39, 0.29) is 5.91 Å². The minimum atomic E-state index is -0.127. The quantitative estimate of drug-likeness (QED) is 0.839. The fourth-order valence-electron chi connectivity index (χ4n) is 1.94. The molecule has 2 aromatic carbocycles. The Morgan fingerprint density at radius 3 is 2.80 bits per heavy atom. The molecule has 3 N–H and O–H groups in total. The number of nitrogens with one attached hydrogen (secondary N) is 1. The van der Waals surface area contributed by atoms with E-state index in [1.165, 1.54) is 0 Å². The number of hydrogen-bond acceptors (Lipinski definition) is 3. The van der Waals surface area contributed by atoms with Crippen LogP contribution in [0.4, 0.5) is 5.69 Å². The van der Waals surface area contributed by atoms with E-state index < -0.39 is 0 Å². The van der Waals surface area contributed by atoms with Gasteiger partial charge in [0.2, 0.25) is 0 Å². The van der Waals surface area contributed by atoms with E-state index in [9.17, 15) is 4.79 Å². The van der Waals surface area contributed by atoms with Gasteiger partial charge in [0, 0.05) is 17.8 Å². The molecule has 0 saturated heterocycles. The maximum atomic E-state index is 12.1. The lowest BCUT2D eigenvalue weighted by Crippen LogP contribution is -2.23. The third kappa shape index (κ3) is 3.29. The molecule has 0 atom stereocenters. The Labute approximate surface area is 118 Å². The molecule has 20 heavy (non-hydrogen) atoms. The largest absolute Gasteiger partial charge is 0.497 e. The van der Waals surface area contributed by atoms with Gasteiger partial charge in [0.05, 0.1) is 7.11 Å². The van der Waals surface area contributed by atoms with Gasteiger partial charge in [-0.3, -0.25) is 4.79 Å². The van der Waals surface area contributed by atoms with E-state index in [1.54, 1.807) is 19.2 Å². The number of amides is 1. The Kier molecular flexibility index (Phi) is 4.25. The standard InChI is InChI=1S/C16H18N2O2/c1-11-6-7-13(17)9-15(11)16(19)18-10-12-4-3-5-14(8-12)20-2/h3-9H,10,17H2,1-2H3,(H,18,19). The lowest BCUT2D eigenvalue weighted by molar-refractivity contribution is 0.0950. The minimum absolute atomic E-state index is 0.127. The summed E-state index contributed by atoms with van der Waals surface area (Å²) in [7, 11) is 1.62. The highest BCUT2D eigenvalue weighted by Crippen LogP contribution is 2.14. The van der Waals surface area contributed by atoms with Crippen LogP contribution in [0, 0.1) is 6.92 Å². The van der Waals surface area contributed by atoms with Gasteiger partial charge in [0.15, 0.2) is 0 Å². The van der Waals surface area contributed by atoms with Gasteiger partial charge in [-0.25, -0.2) is 0 Å². The van der Waals surface area contributed by atoms with Crippen LogP contribution in [0.2, 0.25) is 0 Å². The zero-order chi connectivity index (χ0) is 14.5. The summed E-state index contributed by atoms with van der Waals surface area (Å²) in [6.45, 7) is 2.34. The number of ether oxygens (including phenoxy) is 1. The Morgan fingerprint density at radius 2 is 2.05 bits per heavy atom. The topological polar surface area (TPSA) is 64.3 Å². The second kappa shape index (κ2) is 6.10. The van der Waals surface area contributed by atoms with Crippen LogP contribution in [0.15, 0.2) is 42.5 Å². The predicted octanol–water partition coefficient (Wildman–Crippen LogP) is 2.52. The normalized spacial score (nSPS) is 10.1. The Balaban J connectivity index is 2.06. The van der Waals surface area contributed by atoms with Crippen molar-refractivity contribution in [2.24, 2.45) is 0 Å². The summed E-state index contributed by atoms with van der Waals surface area (Å²) < 4.78 is 5.15. The van der Waals surface area contributed by atoms with Crippen LogP contribution in [-0.2, 0) is 6.54 Å². The van der Waals surface area contributed by atoms with Crippen LogP contribution in [0.3, 0.4) is 0 Å². The smallest absolute Gasteiger partial charge is 0.251 e. The third-order valence-electron chi connectivity index (χ3n) is 3.09. The lowest BCUT2D eigenvalue weighted by atomic mass is 10.1. The van der Waals surface area contributed by atoms with Crippen molar-refractivity contribution in [3.05, 3.63) is 59.2 Å². The molecule has 2 rings (SSSR count). The van der Waals surface area contributed by atoms with E-state index in [0.29, 0.717) is 17.8 Å². The van der Waals surface area contributed by atoms with E-state index >= 15 is 0 Å². The average Bonchev–Trinajstić information content (AvgIpc) is 2.47. The molecule has 4 heteroatoms. The molecule has 0 saturated carbocycles. The van der Waals surface area contributed by atoms with Gasteiger partial charge in [-0.05, 0) is 42.3 Å². The molecule has 0 unspecified atom stereocenters. The number of anilines is 1. The molecular weight excluding hydrogens is 252 g/mol. The fourth-order valence-corrected chi connectivity index (χ4v) is 1.94. The van der Waals surface area contributed by atoms with Crippen molar-refractivity contribution in [1.29, 1.82) is 0 Å². The van der Waals surface area contributed by atoms with E-state index in [4.69, 9.17) is 10.5 Å². The van der Waals surface area contributed by atoms with Crippen molar-refractivity contribution in [2.45, 2.75) is 13.5 Å². The van der Waals surface area contributed by atoms with Crippen LogP contribution in [0.1, 0.15) is 21.5 Å². The van der Waals surface area contributed by atoms with Gasteiger partial charge in [0.25, 0.3) is 5.91 Å². The van der Waals surface area contributed by atoms with Crippen molar-refractivity contribution in [3.8, 4) is 5.75 Å². The monoisotopic (exact) mass is 270 g/mol. The van der Waals surface area contributed by atoms with E-state index in [2.05, 4.69) is 5.32 Å². The zero-order valence-corrected chi connectivity index (χ0v) is 11.6. The van der Waals surface area contributed by atoms with Crippen LogP contribution in [0.25, 0.3) is 0 Å². The van der Waals surface area contributed by atoms with Crippen molar-refractivity contribution in [3.63, 3.8) is 0 Å². The molecule has 0 spiro atoms. The van der Waals surface area contributed by atoms with Crippen molar-refractivity contribution in [1.82, 2.24) is 5.32 Å². The van der Waals surface area contributed by atoms with Crippen molar-refractivity contribution in [2.75, 3.05) is 12.8 Å². The molecule has 0 aliphatic rings. The molecule has 0 fully saturated rings. The summed E-state index contributed by atoms with van der Waals surface area (Å²) >= 11 is 0. The fraction of sp³-hybridized carbons (Fsp3) is 0.188. The number of rotatable bonds is 4. The number of benzene rings is 2. The van der Waals surface area contributed by atoms with E-state index in [1.807, 2.05) is 37.3 Å². The maximum Gasteiger partial charge on any atom is 0.251 e. The Bertz CT molecular complexity index is 624. The number of aryl methyl sites for hydroxylation is 1. The summed E-state index contributed by atoms with van der Waals surface area (Å²) in [5.41, 5.74) is 8.79. The number of carbonyl (C=O) groups is 1. The number of nitrogens with two attached hydrogens (primary N) is 1. The summed E-state index contributed by atoms with van der Waals surface area (Å²) in [5, 5.41) is 2.88. The van der Waals surface area contributed by atoms with Gasteiger partial charge in [-0.2, -0.15) is 0 Å². The number of methoxy groups -OCH3 is 1. The van der Waals surface area contributed by atoms with Crippen LogP contribution in [0.5, 0.6) is 5.75 Å². The highest BCUT2D eigenvalue weighted by atomic mass is 16.5. The van der Waals surface area contributed by atoms with Crippen LogP contribution >= 0.6 is 0 Å². The molecule has 104 valence electrons. The first-order chi connectivity index (χ1) is 9.60. The molecule has 2 aromatic rings. The first kappa shape index (κ1) is 13.9. The predicted molar refractivity (Wildman–Crippen MR) is 79.8 cm³/mol. The number of nitrogen functional groups attached to an aromatic ring is 1. The molecule has 0 bridgehead atoms. The molecule has 0 aliphatic carbocycles. The minimum Gasteiger partial charge on any atom is -0.497 e. The molecule has 0 aromatic heterocycles. The molecule has 0 aliphatic heterocycles. The number of hydrogen-bond donors (Lipinski definition) is 2. The van der Waals surface area contributed by atoms with Crippen LogP contribution in [-0.4, -0.2) is 13.0 Å². The Morgan fingerprint density at radius 1 is 1.25 bits per heavy atom. The molecule has 4 nitrogen and oxygen atoms in total. The zero-order valence-electron chi connectivity index (χ0n) is 11.6. The Hall–Kier alpha value is -2.49. The molecule has 0 radical (unpaired) electrons. The van der Waals surface area contributed by atoms with Gasteiger partial charge >= 0.3 is 0 Å². The van der Waals surface area contributed by atoms with Gasteiger partial charge in [0.1, 0.15) is 5.75 Å². The van der Waals surface area contributed by atoms with Crippen LogP contribution < -0.4 is 15.8 Å². The summed E-state index contributed by atoms with van der Waals surface area (Å²) in [5.74, 6) is 0.648. The van der Waals surface area contributed by atoms with Gasteiger partial charge in [-0.1, -0.05) is 18.2 Å². The maximum absolute atomic E-state index is 12.1. The highest BCUT2D eigenvalue weighted by molar-refractivity contribution is 5.96. The average molecular weight is 270 g/mol. The SMILES string of the molecule is COc1cccc(CNC(=O)c2cc(N)ccc2C)c1. The first-order valence-corrected chi connectivity index (χ1v) is 6.37. The van der Waals surface area contributed by atoms with Crippen molar-refractivity contribution >= 4 is 11.6 Å². The highest BCUT2D eigenvalue weighted by Gasteiger charge is 2.09.